The Kier molecular flexibility index (Phi) is 3.09. The van der Waals surface area contributed by atoms with Crippen LogP contribution in [0.4, 0.5) is 0 Å². The summed E-state index contributed by atoms with van der Waals surface area (Å²) in [4.78, 5) is 11.7. The normalized spacial score (nSPS) is 16.1. The highest BCUT2D eigenvalue weighted by Crippen LogP contribution is 2.21. The Morgan fingerprint density at radius 1 is 1.81 bits per heavy atom. The minimum absolute atomic E-state index is 0.226. The molecule has 0 aromatic carbocycles. The van der Waals surface area contributed by atoms with Crippen LogP contribution in [0.2, 0.25) is 0 Å². The van der Waals surface area contributed by atoms with Crippen molar-refractivity contribution in [3.8, 4) is 5.88 Å². The number of rotatable bonds is 3. The molecule has 0 spiro atoms. The van der Waals surface area contributed by atoms with Gasteiger partial charge in [-0.3, -0.25) is 4.79 Å². The standard InChI is InChI=1S/C10H15N3O3/c1-7(14)5-11-9(15)8-6-12-13-3-2-4-16-10(8)13/h6-7,14H,2-5H2,1H3,(H,11,15). The number of hydrogen-bond donors (Lipinski definition) is 2. The lowest BCUT2D eigenvalue weighted by Crippen LogP contribution is -2.31. The second-order valence-electron chi connectivity index (χ2n) is 3.85. The Morgan fingerprint density at radius 3 is 3.38 bits per heavy atom. The summed E-state index contributed by atoms with van der Waals surface area (Å²) < 4.78 is 7.08. The van der Waals surface area contributed by atoms with Crippen LogP contribution in [-0.4, -0.2) is 40.0 Å². The van der Waals surface area contributed by atoms with Crippen molar-refractivity contribution in [2.45, 2.75) is 26.0 Å². The van der Waals surface area contributed by atoms with Gasteiger partial charge in [0.2, 0.25) is 5.88 Å². The molecule has 1 aromatic rings. The van der Waals surface area contributed by atoms with Crippen LogP contribution in [0.1, 0.15) is 23.7 Å². The molecule has 1 aliphatic heterocycles. The molecule has 16 heavy (non-hydrogen) atoms. The van der Waals surface area contributed by atoms with Gasteiger partial charge in [0.1, 0.15) is 5.56 Å². The zero-order valence-electron chi connectivity index (χ0n) is 9.14. The lowest BCUT2D eigenvalue weighted by Gasteiger charge is -2.16. The van der Waals surface area contributed by atoms with Crippen LogP contribution in [0.25, 0.3) is 0 Å². The van der Waals surface area contributed by atoms with Crippen LogP contribution in [-0.2, 0) is 6.54 Å². The molecule has 2 heterocycles. The average Bonchev–Trinajstić information content (AvgIpc) is 2.69. The molecule has 1 atom stereocenters. The van der Waals surface area contributed by atoms with Crippen molar-refractivity contribution in [1.29, 1.82) is 0 Å². The maximum Gasteiger partial charge on any atom is 0.258 e. The number of nitrogens with zero attached hydrogens (tertiary/aromatic N) is 2. The molecule has 2 N–H and O–H groups in total. The fourth-order valence-electron chi connectivity index (χ4n) is 1.56. The van der Waals surface area contributed by atoms with E-state index in [1.54, 1.807) is 11.6 Å². The molecule has 6 nitrogen and oxygen atoms in total. The molecule has 1 aliphatic rings. The number of aryl methyl sites for hydroxylation is 1. The van der Waals surface area contributed by atoms with E-state index in [-0.39, 0.29) is 12.5 Å². The largest absolute Gasteiger partial charge is 0.477 e. The van der Waals surface area contributed by atoms with E-state index in [1.165, 1.54) is 6.20 Å². The molecular weight excluding hydrogens is 210 g/mol. The van der Waals surface area contributed by atoms with Crippen molar-refractivity contribution in [2.75, 3.05) is 13.2 Å². The van der Waals surface area contributed by atoms with Crippen LogP contribution >= 0.6 is 0 Å². The maximum absolute atomic E-state index is 11.7. The molecule has 0 radical (unpaired) electrons. The third-order valence-electron chi connectivity index (χ3n) is 2.35. The van der Waals surface area contributed by atoms with Crippen LogP contribution in [0.15, 0.2) is 6.20 Å². The number of aliphatic hydroxyl groups is 1. The highest BCUT2D eigenvalue weighted by Gasteiger charge is 2.21. The first-order valence-electron chi connectivity index (χ1n) is 5.33. The van der Waals surface area contributed by atoms with Crippen LogP contribution in [0.3, 0.4) is 0 Å². The molecule has 0 saturated heterocycles. The van der Waals surface area contributed by atoms with E-state index in [2.05, 4.69) is 10.4 Å². The predicted molar refractivity (Wildman–Crippen MR) is 56.4 cm³/mol. The van der Waals surface area contributed by atoms with Crippen molar-refractivity contribution in [3.63, 3.8) is 0 Å². The molecule has 1 amide bonds. The van der Waals surface area contributed by atoms with E-state index >= 15 is 0 Å². The molecular formula is C10H15N3O3. The van der Waals surface area contributed by atoms with E-state index in [4.69, 9.17) is 9.84 Å². The monoisotopic (exact) mass is 225 g/mol. The number of hydrogen-bond acceptors (Lipinski definition) is 4. The van der Waals surface area contributed by atoms with Gasteiger partial charge in [-0.2, -0.15) is 5.10 Å². The van der Waals surface area contributed by atoms with Crippen molar-refractivity contribution in [1.82, 2.24) is 15.1 Å². The number of aromatic nitrogens is 2. The fraction of sp³-hybridized carbons (Fsp3) is 0.600. The molecule has 6 heteroatoms. The van der Waals surface area contributed by atoms with Crippen molar-refractivity contribution < 1.29 is 14.6 Å². The van der Waals surface area contributed by atoms with E-state index in [0.29, 0.717) is 18.1 Å². The average molecular weight is 225 g/mol. The van der Waals surface area contributed by atoms with E-state index in [1.807, 2.05) is 0 Å². The summed E-state index contributed by atoms with van der Waals surface area (Å²) in [5.74, 6) is 0.262. The molecule has 0 aliphatic carbocycles. The van der Waals surface area contributed by atoms with Gasteiger partial charge >= 0.3 is 0 Å². The van der Waals surface area contributed by atoms with Gasteiger partial charge < -0.3 is 15.2 Å². The number of aliphatic hydroxyl groups excluding tert-OH is 1. The molecule has 1 unspecified atom stereocenters. The summed E-state index contributed by atoms with van der Waals surface area (Å²) >= 11 is 0. The second kappa shape index (κ2) is 4.52. The molecule has 0 bridgehead atoms. The van der Waals surface area contributed by atoms with Gasteiger partial charge in [0.05, 0.1) is 18.9 Å². The zero-order valence-corrected chi connectivity index (χ0v) is 9.14. The summed E-state index contributed by atoms with van der Waals surface area (Å²) in [5, 5.41) is 15.8. The van der Waals surface area contributed by atoms with Gasteiger partial charge in [-0.05, 0) is 6.92 Å². The number of nitrogens with one attached hydrogen (secondary N) is 1. The molecule has 2 rings (SSSR count). The van der Waals surface area contributed by atoms with E-state index < -0.39 is 6.10 Å². The topological polar surface area (TPSA) is 76.4 Å². The fourth-order valence-corrected chi connectivity index (χ4v) is 1.56. The first-order chi connectivity index (χ1) is 7.68. The smallest absolute Gasteiger partial charge is 0.258 e. The van der Waals surface area contributed by atoms with Crippen molar-refractivity contribution in [2.24, 2.45) is 0 Å². The number of fused-ring (bicyclic) bond motifs is 1. The Bertz CT molecular complexity index is 387. The van der Waals surface area contributed by atoms with E-state index in [9.17, 15) is 4.79 Å². The molecule has 88 valence electrons. The number of carbonyl (C=O) groups excluding carboxylic acids is 1. The van der Waals surface area contributed by atoms with Crippen LogP contribution < -0.4 is 10.1 Å². The minimum atomic E-state index is -0.559. The summed E-state index contributed by atoms with van der Waals surface area (Å²) in [6.07, 6.45) is 1.85. The SMILES string of the molecule is CC(O)CNC(=O)c1cnn2c1OCCC2. The first kappa shape index (κ1) is 10.9. The number of carbonyl (C=O) groups is 1. The van der Waals surface area contributed by atoms with Gasteiger partial charge in [-0.1, -0.05) is 0 Å². The quantitative estimate of drug-likeness (QED) is 0.745. The molecule has 1 aromatic heterocycles. The summed E-state index contributed by atoms with van der Waals surface area (Å²) in [7, 11) is 0. The van der Waals surface area contributed by atoms with Gasteiger partial charge in [0.15, 0.2) is 0 Å². The number of ether oxygens (including phenoxy) is 1. The highest BCUT2D eigenvalue weighted by molar-refractivity contribution is 5.96. The Morgan fingerprint density at radius 2 is 2.62 bits per heavy atom. The van der Waals surface area contributed by atoms with Crippen LogP contribution in [0.5, 0.6) is 5.88 Å². The van der Waals surface area contributed by atoms with Gasteiger partial charge in [0.25, 0.3) is 5.91 Å². The zero-order chi connectivity index (χ0) is 11.5. The lowest BCUT2D eigenvalue weighted by molar-refractivity contribution is 0.0917. The minimum Gasteiger partial charge on any atom is -0.477 e. The van der Waals surface area contributed by atoms with E-state index in [0.717, 1.165) is 13.0 Å². The van der Waals surface area contributed by atoms with Crippen molar-refractivity contribution >= 4 is 5.91 Å². The summed E-state index contributed by atoms with van der Waals surface area (Å²) in [6, 6.07) is 0. The highest BCUT2D eigenvalue weighted by atomic mass is 16.5. The Balaban J connectivity index is 2.08. The Labute approximate surface area is 93.2 Å². The van der Waals surface area contributed by atoms with Crippen molar-refractivity contribution in [3.05, 3.63) is 11.8 Å². The predicted octanol–water partition coefficient (Wildman–Crippen LogP) is -0.224. The summed E-state index contributed by atoms with van der Waals surface area (Å²) in [6.45, 7) is 3.23. The molecule has 0 fully saturated rings. The van der Waals surface area contributed by atoms with Gasteiger partial charge in [-0.25, -0.2) is 4.68 Å². The molecule has 0 saturated carbocycles. The number of amides is 1. The second-order valence-corrected chi connectivity index (χ2v) is 3.85. The third kappa shape index (κ3) is 2.16. The first-order valence-corrected chi connectivity index (χ1v) is 5.33. The third-order valence-corrected chi connectivity index (χ3v) is 2.35. The van der Waals surface area contributed by atoms with Gasteiger partial charge in [-0.15, -0.1) is 0 Å². The van der Waals surface area contributed by atoms with Crippen LogP contribution in [0, 0.1) is 0 Å². The lowest BCUT2D eigenvalue weighted by atomic mass is 10.3. The van der Waals surface area contributed by atoms with Gasteiger partial charge in [0, 0.05) is 19.5 Å². The Hall–Kier alpha value is -1.56. The maximum atomic E-state index is 11.7. The summed E-state index contributed by atoms with van der Waals surface area (Å²) in [5.41, 5.74) is 0.431.